The highest BCUT2D eigenvalue weighted by Gasteiger charge is 2.30. The van der Waals surface area contributed by atoms with E-state index in [0.29, 0.717) is 25.9 Å². The van der Waals surface area contributed by atoms with Crippen LogP contribution in [-0.2, 0) is 4.79 Å². The van der Waals surface area contributed by atoms with Gasteiger partial charge in [0, 0.05) is 25.6 Å². The Kier molecular flexibility index (Phi) is 5.79. The third-order valence-electron chi connectivity index (χ3n) is 4.29. The molecule has 136 valence electrons. The summed E-state index contributed by atoms with van der Waals surface area (Å²) < 4.78 is 10.2. The number of hydrogen-bond acceptors (Lipinski definition) is 6. The Morgan fingerprint density at radius 3 is 2.28 bits per heavy atom. The van der Waals surface area contributed by atoms with E-state index in [0.717, 1.165) is 0 Å². The Morgan fingerprint density at radius 1 is 1.24 bits per heavy atom. The molecule has 0 unspecified atom stereocenters. The molecule has 9 nitrogen and oxygen atoms in total. The van der Waals surface area contributed by atoms with Crippen molar-refractivity contribution in [3.63, 3.8) is 0 Å². The predicted octanol–water partition coefficient (Wildman–Crippen LogP) is 1.94. The zero-order valence-electron chi connectivity index (χ0n) is 14.1. The number of carboxylic acid groups (broad SMARTS) is 1. The van der Waals surface area contributed by atoms with Gasteiger partial charge >= 0.3 is 5.97 Å². The van der Waals surface area contributed by atoms with Crippen molar-refractivity contribution < 1.29 is 29.1 Å². The first-order valence-corrected chi connectivity index (χ1v) is 7.78. The average molecular weight is 352 g/mol. The average Bonchev–Trinajstić information content (AvgIpc) is 2.59. The quantitative estimate of drug-likeness (QED) is 0.613. The summed E-state index contributed by atoms with van der Waals surface area (Å²) in [5.41, 5.74) is -0.422. The number of nitrogens with zero attached hydrogens (tertiary/aromatic N) is 2. The third kappa shape index (κ3) is 4.17. The first-order valence-electron chi connectivity index (χ1n) is 7.78. The van der Waals surface area contributed by atoms with Crippen molar-refractivity contribution in [3.8, 4) is 11.5 Å². The molecule has 0 atom stereocenters. The summed E-state index contributed by atoms with van der Waals surface area (Å²) in [6.07, 6.45) is 1.18. The molecule has 0 aromatic heterocycles. The highest BCUT2D eigenvalue weighted by molar-refractivity contribution is 5.99. The van der Waals surface area contributed by atoms with E-state index in [9.17, 15) is 19.7 Å². The molecule has 1 heterocycles. The van der Waals surface area contributed by atoms with Crippen molar-refractivity contribution in [2.24, 2.45) is 5.92 Å². The molecule has 1 aromatic rings. The lowest BCUT2D eigenvalue weighted by Crippen LogP contribution is -2.39. The largest absolute Gasteiger partial charge is 0.493 e. The minimum absolute atomic E-state index is 0.0157. The monoisotopic (exact) mass is 352 g/mol. The van der Waals surface area contributed by atoms with Gasteiger partial charge in [0.2, 0.25) is 0 Å². The van der Waals surface area contributed by atoms with E-state index in [4.69, 9.17) is 14.6 Å². The number of benzene rings is 1. The van der Waals surface area contributed by atoms with Gasteiger partial charge in [0.25, 0.3) is 11.6 Å². The maximum atomic E-state index is 12.7. The molecule has 1 N–H and O–H groups in total. The van der Waals surface area contributed by atoms with Gasteiger partial charge in [-0.1, -0.05) is 0 Å². The summed E-state index contributed by atoms with van der Waals surface area (Å²) in [5, 5.41) is 20.2. The molecule has 0 aliphatic carbocycles. The number of methoxy groups -OCH3 is 2. The zero-order chi connectivity index (χ0) is 18.6. The molecule has 25 heavy (non-hydrogen) atoms. The van der Waals surface area contributed by atoms with Crippen molar-refractivity contribution in [1.29, 1.82) is 0 Å². The van der Waals surface area contributed by atoms with Gasteiger partial charge in [-0.15, -0.1) is 0 Å². The van der Waals surface area contributed by atoms with Crippen LogP contribution in [0, 0.1) is 16.0 Å². The number of carboxylic acids is 1. The number of nitro benzene ring substituents is 1. The summed E-state index contributed by atoms with van der Waals surface area (Å²) in [6, 6.07) is 2.48. The van der Waals surface area contributed by atoms with Crippen LogP contribution in [0.5, 0.6) is 11.5 Å². The second-order valence-electron chi connectivity index (χ2n) is 5.81. The number of rotatable bonds is 6. The first-order chi connectivity index (χ1) is 11.9. The van der Waals surface area contributed by atoms with Crippen molar-refractivity contribution in [3.05, 3.63) is 27.8 Å². The Hall–Kier alpha value is -2.84. The SMILES string of the molecule is COc1cc(C(=O)N2CCC(CC(=O)O)CC2)c([N+](=O)[O-])cc1OC. The lowest BCUT2D eigenvalue weighted by Gasteiger charge is -2.31. The Balaban J connectivity index is 2.24. The van der Waals surface area contributed by atoms with Crippen molar-refractivity contribution in [2.75, 3.05) is 27.3 Å². The van der Waals surface area contributed by atoms with Crippen molar-refractivity contribution in [2.45, 2.75) is 19.3 Å². The fourth-order valence-electron chi connectivity index (χ4n) is 2.95. The number of carbonyl (C=O) groups is 2. The van der Waals surface area contributed by atoms with Crippen LogP contribution in [0.3, 0.4) is 0 Å². The smallest absolute Gasteiger partial charge is 0.303 e. The second-order valence-corrected chi connectivity index (χ2v) is 5.81. The van der Waals surface area contributed by atoms with Crippen LogP contribution in [-0.4, -0.2) is 54.1 Å². The number of aliphatic carboxylic acids is 1. The number of nitro groups is 1. The van der Waals surface area contributed by atoms with Crippen molar-refractivity contribution in [1.82, 2.24) is 4.90 Å². The van der Waals surface area contributed by atoms with Gasteiger partial charge in [-0.05, 0) is 18.8 Å². The Morgan fingerprint density at radius 2 is 1.80 bits per heavy atom. The number of likely N-dealkylation sites (tertiary alicyclic amines) is 1. The van der Waals surface area contributed by atoms with E-state index < -0.39 is 16.8 Å². The lowest BCUT2D eigenvalue weighted by molar-refractivity contribution is -0.385. The molecule has 0 spiro atoms. The first kappa shape index (κ1) is 18.5. The number of amides is 1. The molecule has 1 amide bonds. The highest BCUT2D eigenvalue weighted by Crippen LogP contribution is 2.35. The van der Waals surface area contributed by atoms with Gasteiger partial charge in [0.15, 0.2) is 11.5 Å². The van der Waals surface area contributed by atoms with Crippen LogP contribution in [0.25, 0.3) is 0 Å². The molecule has 0 bridgehead atoms. The molecule has 1 aromatic carbocycles. The van der Waals surface area contributed by atoms with Crippen LogP contribution in [0.4, 0.5) is 5.69 Å². The van der Waals surface area contributed by atoms with Gasteiger partial charge in [-0.2, -0.15) is 0 Å². The zero-order valence-corrected chi connectivity index (χ0v) is 14.1. The van der Waals surface area contributed by atoms with E-state index in [2.05, 4.69) is 0 Å². The fraction of sp³-hybridized carbons (Fsp3) is 0.500. The molecule has 1 fully saturated rings. The number of hydrogen-bond donors (Lipinski definition) is 1. The van der Waals surface area contributed by atoms with E-state index >= 15 is 0 Å². The Labute approximate surface area is 144 Å². The highest BCUT2D eigenvalue weighted by atomic mass is 16.6. The topological polar surface area (TPSA) is 119 Å². The van der Waals surface area contributed by atoms with Crippen LogP contribution in [0.2, 0.25) is 0 Å². The molecule has 1 saturated heterocycles. The van der Waals surface area contributed by atoms with E-state index in [1.165, 1.54) is 31.3 Å². The van der Waals surface area contributed by atoms with E-state index in [1.807, 2.05) is 0 Å². The van der Waals surface area contributed by atoms with Crippen LogP contribution in [0.1, 0.15) is 29.6 Å². The minimum atomic E-state index is -0.861. The fourth-order valence-corrected chi connectivity index (χ4v) is 2.95. The van der Waals surface area contributed by atoms with Gasteiger partial charge in [-0.3, -0.25) is 19.7 Å². The summed E-state index contributed by atoms with van der Waals surface area (Å²) in [7, 11) is 2.74. The molecule has 1 aliphatic heterocycles. The molecule has 0 saturated carbocycles. The summed E-state index contributed by atoms with van der Waals surface area (Å²) in [6.45, 7) is 0.727. The van der Waals surface area contributed by atoms with Crippen LogP contribution >= 0.6 is 0 Å². The lowest BCUT2D eigenvalue weighted by atomic mass is 9.93. The minimum Gasteiger partial charge on any atom is -0.493 e. The normalized spacial score (nSPS) is 14.9. The molecule has 0 radical (unpaired) electrons. The van der Waals surface area contributed by atoms with Crippen LogP contribution in [0.15, 0.2) is 12.1 Å². The van der Waals surface area contributed by atoms with Crippen LogP contribution < -0.4 is 9.47 Å². The van der Waals surface area contributed by atoms with Gasteiger partial charge < -0.3 is 19.5 Å². The second kappa shape index (κ2) is 7.82. The summed E-state index contributed by atoms with van der Waals surface area (Å²) >= 11 is 0. The predicted molar refractivity (Wildman–Crippen MR) is 87.1 cm³/mol. The number of carbonyl (C=O) groups excluding carboxylic acids is 1. The number of piperidine rings is 1. The van der Waals surface area contributed by atoms with Gasteiger partial charge in [0.05, 0.1) is 25.2 Å². The van der Waals surface area contributed by atoms with E-state index in [-0.39, 0.29) is 35.1 Å². The maximum absolute atomic E-state index is 12.7. The molecule has 1 aliphatic rings. The summed E-state index contributed by atoms with van der Waals surface area (Å²) in [5.74, 6) is -0.910. The third-order valence-corrected chi connectivity index (χ3v) is 4.29. The Bertz CT molecular complexity index is 681. The van der Waals surface area contributed by atoms with Crippen molar-refractivity contribution >= 4 is 17.6 Å². The molecule has 2 rings (SSSR count). The summed E-state index contributed by atoms with van der Waals surface area (Å²) in [4.78, 5) is 35.7. The van der Waals surface area contributed by atoms with Gasteiger partial charge in [0.1, 0.15) is 5.56 Å². The molecule has 9 heteroatoms. The maximum Gasteiger partial charge on any atom is 0.303 e. The van der Waals surface area contributed by atoms with Gasteiger partial charge in [-0.25, -0.2) is 0 Å². The number of ether oxygens (including phenoxy) is 2. The molecular formula is C16H20N2O7. The van der Waals surface area contributed by atoms with E-state index in [1.54, 1.807) is 0 Å². The standard InChI is InChI=1S/C16H20N2O7/c1-24-13-8-11(12(18(22)23)9-14(13)25-2)16(21)17-5-3-10(4-6-17)7-15(19)20/h8-10H,3-7H2,1-2H3,(H,19,20). The molecular weight excluding hydrogens is 332 g/mol.